The number of amides is 2. The van der Waals surface area contributed by atoms with E-state index >= 15 is 0 Å². The Bertz CT molecular complexity index is 490. The van der Waals surface area contributed by atoms with Gasteiger partial charge in [0.1, 0.15) is 6.04 Å². The molecule has 0 aliphatic carbocycles. The monoisotopic (exact) mass is 289 g/mol. The summed E-state index contributed by atoms with van der Waals surface area (Å²) in [4.78, 5) is 24.2. The zero-order valence-electron chi connectivity index (χ0n) is 12.6. The molecule has 0 bridgehead atoms. The Hall–Kier alpha value is -1.88. The third-order valence-electron chi connectivity index (χ3n) is 3.79. The molecule has 5 heteroatoms. The van der Waals surface area contributed by atoms with Gasteiger partial charge in [-0.25, -0.2) is 0 Å². The van der Waals surface area contributed by atoms with Gasteiger partial charge in [0.25, 0.3) is 0 Å². The van der Waals surface area contributed by atoms with E-state index in [1.807, 2.05) is 30.3 Å². The van der Waals surface area contributed by atoms with Crippen molar-refractivity contribution in [3.8, 4) is 0 Å². The van der Waals surface area contributed by atoms with Crippen molar-refractivity contribution in [3.63, 3.8) is 0 Å². The third-order valence-corrected chi connectivity index (χ3v) is 3.79. The van der Waals surface area contributed by atoms with Gasteiger partial charge in [0.2, 0.25) is 11.8 Å². The second kappa shape index (κ2) is 7.22. The Kier molecular flexibility index (Phi) is 5.33. The lowest BCUT2D eigenvalue weighted by molar-refractivity contribution is -0.129. The molecule has 1 unspecified atom stereocenters. The molecule has 1 aromatic carbocycles. The van der Waals surface area contributed by atoms with Gasteiger partial charge in [-0.15, -0.1) is 0 Å². The van der Waals surface area contributed by atoms with Crippen molar-refractivity contribution >= 4 is 17.5 Å². The maximum absolute atomic E-state index is 12.2. The molecular weight excluding hydrogens is 266 g/mol. The average Bonchev–Trinajstić information content (AvgIpc) is 2.48. The van der Waals surface area contributed by atoms with Crippen molar-refractivity contribution in [2.45, 2.75) is 38.8 Å². The van der Waals surface area contributed by atoms with Crippen LogP contribution in [-0.2, 0) is 9.59 Å². The highest BCUT2D eigenvalue weighted by atomic mass is 16.2. The van der Waals surface area contributed by atoms with Gasteiger partial charge in [-0.05, 0) is 45.4 Å². The van der Waals surface area contributed by atoms with Gasteiger partial charge in [-0.1, -0.05) is 18.2 Å². The highest BCUT2D eigenvalue weighted by Gasteiger charge is 2.26. The van der Waals surface area contributed by atoms with Crippen LogP contribution in [0, 0.1) is 5.92 Å². The van der Waals surface area contributed by atoms with Crippen molar-refractivity contribution in [2.75, 3.05) is 11.9 Å². The van der Waals surface area contributed by atoms with Gasteiger partial charge in [0, 0.05) is 17.6 Å². The summed E-state index contributed by atoms with van der Waals surface area (Å²) in [6.45, 7) is 4.63. The Morgan fingerprint density at radius 3 is 2.67 bits per heavy atom. The highest BCUT2D eigenvalue weighted by molar-refractivity contribution is 5.97. The maximum Gasteiger partial charge on any atom is 0.246 e. The number of benzene rings is 1. The van der Waals surface area contributed by atoms with E-state index in [1.165, 1.54) is 0 Å². The normalized spacial score (nSPS) is 23.1. The summed E-state index contributed by atoms with van der Waals surface area (Å²) in [5, 5.41) is 8.92. The SMILES string of the molecule is CC(NC(=O)[C@H]1CCN[C@@H](C)C1)C(=O)Nc1ccccc1. The largest absolute Gasteiger partial charge is 0.344 e. The van der Waals surface area contributed by atoms with Crippen LogP contribution in [0.15, 0.2) is 30.3 Å². The van der Waals surface area contributed by atoms with Gasteiger partial charge >= 0.3 is 0 Å². The molecule has 1 saturated heterocycles. The Labute approximate surface area is 125 Å². The molecule has 3 N–H and O–H groups in total. The van der Waals surface area contributed by atoms with E-state index in [9.17, 15) is 9.59 Å². The standard InChI is InChI=1S/C16H23N3O2/c1-11-10-13(8-9-17-11)16(21)18-12(2)15(20)19-14-6-4-3-5-7-14/h3-7,11-13,17H,8-10H2,1-2H3,(H,18,21)(H,19,20)/t11-,12?,13-/m0/s1. The number of carbonyl (C=O) groups excluding carboxylic acids is 2. The molecule has 2 rings (SSSR count). The molecule has 3 atom stereocenters. The first-order chi connectivity index (χ1) is 10.1. The first kappa shape index (κ1) is 15.5. The number of rotatable bonds is 4. The smallest absolute Gasteiger partial charge is 0.246 e. The van der Waals surface area contributed by atoms with E-state index in [2.05, 4.69) is 22.9 Å². The van der Waals surface area contributed by atoms with Crippen LogP contribution >= 0.6 is 0 Å². The lowest BCUT2D eigenvalue weighted by atomic mass is 9.92. The first-order valence-electron chi connectivity index (χ1n) is 7.46. The molecule has 1 aliphatic heterocycles. The molecule has 0 radical (unpaired) electrons. The van der Waals surface area contributed by atoms with Crippen LogP contribution in [0.3, 0.4) is 0 Å². The minimum Gasteiger partial charge on any atom is -0.344 e. The van der Waals surface area contributed by atoms with Crippen LogP contribution in [0.25, 0.3) is 0 Å². The van der Waals surface area contributed by atoms with Crippen molar-refractivity contribution in [1.29, 1.82) is 0 Å². The van der Waals surface area contributed by atoms with Crippen LogP contribution in [0.1, 0.15) is 26.7 Å². The summed E-state index contributed by atoms with van der Waals surface area (Å²) in [5.74, 6) is -0.233. The van der Waals surface area contributed by atoms with Crippen LogP contribution in [-0.4, -0.2) is 30.4 Å². The number of carbonyl (C=O) groups is 2. The second-order valence-electron chi connectivity index (χ2n) is 5.66. The van der Waals surface area contributed by atoms with Gasteiger partial charge in [-0.2, -0.15) is 0 Å². The van der Waals surface area contributed by atoms with Gasteiger partial charge in [0.05, 0.1) is 0 Å². The van der Waals surface area contributed by atoms with Crippen LogP contribution < -0.4 is 16.0 Å². The molecule has 1 aromatic rings. The minimum atomic E-state index is -0.539. The van der Waals surface area contributed by atoms with Gasteiger partial charge < -0.3 is 16.0 Å². The highest BCUT2D eigenvalue weighted by Crippen LogP contribution is 2.16. The molecule has 1 aliphatic rings. The Morgan fingerprint density at radius 2 is 2.00 bits per heavy atom. The second-order valence-corrected chi connectivity index (χ2v) is 5.66. The minimum absolute atomic E-state index is 0.00627. The summed E-state index contributed by atoms with van der Waals surface area (Å²) in [5.41, 5.74) is 0.735. The quantitative estimate of drug-likeness (QED) is 0.787. The Morgan fingerprint density at radius 1 is 1.29 bits per heavy atom. The predicted octanol–water partition coefficient (Wildman–Crippen LogP) is 1.52. The van der Waals surface area contributed by atoms with Crippen molar-refractivity contribution in [1.82, 2.24) is 10.6 Å². The third kappa shape index (κ3) is 4.56. The number of anilines is 1. The van der Waals surface area contributed by atoms with E-state index in [4.69, 9.17) is 0 Å². The van der Waals surface area contributed by atoms with E-state index in [1.54, 1.807) is 6.92 Å². The zero-order chi connectivity index (χ0) is 15.2. The van der Waals surface area contributed by atoms with Crippen LogP contribution in [0.2, 0.25) is 0 Å². The molecule has 0 aromatic heterocycles. The molecule has 2 amide bonds. The number of piperidine rings is 1. The van der Waals surface area contributed by atoms with Gasteiger partial charge in [-0.3, -0.25) is 9.59 Å². The molecule has 1 fully saturated rings. The molecule has 21 heavy (non-hydrogen) atoms. The zero-order valence-corrected chi connectivity index (χ0v) is 12.6. The summed E-state index contributed by atoms with van der Waals surface area (Å²) in [6.07, 6.45) is 1.64. The van der Waals surface area contributed by atoms with E-state index in [0.29, 0.717) is 6.04 Å². The van der Waals surface area contributed by atoms with E-state index < -0.39 is 6.04 Å². The number of hydrogen-bond donors (Lipinski definition) is 3. The van der Waals surface area contributed by atoms with E-state index in [-0.39, 0.29) is 17.7 Å². The lowest BCUT2D eigenvalue weighted by Crippen LogP contribution is -2.47. The number of hydrogen-bond acceptors (Lipinski definition) is 3. The predicted molar refractivity (Wildman–Crippen MR) is 82.9 cm³/mol. The molecule has 5 nitrogen and oxygen atoms in total. The first-order valence-corrected chi connectivity index (χ1v) is 7.46. The number of para-hydroxylation sites is 1. The van der Waals surface area contributed by atoms with Crippen molar-refractivity contribution in [2.24, 2.45) is 5.92 Å². The lowest BCUT2D eigenvalue weighted by Gasteiger charge is -2.28. The molecular formula is C16H23N3O2. The molecule has 1 heterocycles. The molecule has 114 valence electrons. The average molecular weight is 289 g/mol. The number of nitrogens with one attached hydrogen (secondary N) is 3. The molecule has 0 saturated carbocycles. The summed E-state index contributed by atoms with van der Waals surface area (Å²) < 4.78 is 0. The van der Waals surface area contributed by atoms with Crippen LogP contribution in [0.4, 0.5) is 5.69 Å². The fourth-order valence-electron chi connectivity index (χ4n) is 2.54. The fraction of sp³-hybridized carbons (Fsp3) is 0.500. The van der Waals surface area contributed by atoms with Gasteiger partial charge in [0.15, 0.2) is 0 Å². The summed E-state index contributed by atoms with van der Waals surface area (Å²) in [6, 6.07) is 9.05. The van der Waals surface area contributed by atoms with Crippen molar-refractivity contribution in [3.05, 3.63) is 30.3 Å². The van der Waals surface area contributed by atoms with Crippen LogP contribution in [0.5, 0.6) is 0 Å². The summed E-state index contributed by atoms with van der Waals surface area (Å²) >= 11 is 0. The summed E-state index contributed by atoms with van der Waals surface area (Å²) in [7, 11) is 0. The topological polar surface area (TPSA) is 70.2 Å². The molecule has 0 spiro atoms. The van der Waals surface area contributed by atoms with Crippen molar-refractivity contribution < 1.29 is 9.59 Å². The maximum atomic E-state index is 12.2. The van der Waals surface area contributed by atoms with E-state index in [0.717, 1.165) is 25.1 Å². The fourth-order valence-corrected chi connectivity index (χ4v) is 2.54. The Balaban J connectivity index is 1.84.